The molecule has 0 aliphatic rings. The summed E-state index contributed by atoms with van der Waals surface area (Å²) < 4.78 is 0. The molecular weight excluding hydrogens is 258 g/mol. The van der Waals surface area contributed by atoms with Gasteiger partial charge in [0.05, 0.1) is 9.75 Å². The van der Waals surface area contributed by atoms with E-state index < -0.39 is 0 Å². The van der Waals surface area contributed by atoms with Crippen molar-refractivity contribution in [3.63, 3.8) is 0 Å². The van der Waals surface area contributed by atoms with Crippen molar-refractivity contribution in [2.75, 3.05) is 6.61 Å². The van der Waals surface area contributed by atoms with E-state index in [4.69, 9.17) is 5.11 Å². The molecule has 0 aromatic carbocycles. The van der Waals surface area contributed by atoms with E-state index in [2.05, 4.69) is 37.9 Å². The molecule has 1 aromatic heterocycles. The summed E-state index contributed by atoms with van der Waals surface area (Å²) in [5.41, 5.74) is 1.00. The van der Waals surface area contributed by atoms with Crippen molar-refractivity contribution in [2.45, 2.75) is 40.7 Å². The van der Waals surface area contributed by atoms with Crippen molar-refractivity contribution >= 4 is 17.2 Å². The van der Waals surface area contributed by atoms with Crippen molar-refractivity contribution < 1.29 is 9.90 Å². The highest BCUT2D eigenvalue weighted by Crippen LogP contribution is 2.23. The van der Waals surface area contributed by atoms with E-state index in [0.29, 0.717) is 4.88 Å². The lowest BCUT2D eigenvalue weighted by Gasteiger charge is -2.27. The monoisotopic (exact) mass is 279 g/mol. The molecule has 104 valence electrons. The molecule has 2 N–H and O–H groups in total. The highest BCUT2D eigenvalue weighted by Gasteiger charge is 2.23. The Kier molecular flexibility index (Phi) is 5.16. The average Bonchev–Trinajstić information content (AvgIpc) is 2.67. The number of hydrogen-bond donors (Lipinski definition) is 2. The molecule has 0 bridgehead atoms. The van der Waals surface area contributed by atoms with E-state index >= 15 is 0 Å². The number of rotatable bonds is 2. The molecule has 0 spiro atoms. The molecule has 0 saturated carbocycles. The average molecular weight is 279 g/mol. The molecule has 1 amide bonds. The lowest BCUT2D eigenvalue weighted by atomic mass is 9.88. The summed E-state index contributed by atoms with van der Waals surface area (Å²) in [6.45, 7) is 10.0. The normalized spacial score (nSPS) is 12.5. The summed E-state index contributed by atoms with van der Waals surface area (Å²) >= 11 is 1.36. The van der Waals surface area contributed by atoms with Gasteiger partial charge in [-0.2, -0.15) is 0 Å². The largest absolute Gasteiger partial charge is 0.384 e. The quantitative estimate of drug-likeness (QED) is 0.817. The summed E-state index contributed by atoms with van der Waals surface area (Å²) in [6.07, 6.45) is 0. The number of hydrogen-bond acceptors (Lipinski definition) is 3. The molecular formula is C15H21NO2S. The van der Waals surface area contributed by atoms with Gasteiger partial charge in [-0.1, -0.05) is 32.6 Å². The van der Waals surface area contributed by atoms with Gasteiger partial charge in [0.2, 0.25) is 0 Å². The predicted octanol–water partition coefficient (Wildman–Crippen LogP) is 2.56. The zero-order chi connectivity index (χ0) is 14.6. The Balaban J connectivity index is 2.84. The van der Waals surface area contributed by atoms with Gasteiger partial charge < -0.3 is 10.4 Å². The van der Waals surface area contributed by atoms with Crippen LogP contribution < -0.4 is 5.32 Å². The van der Waals surface area contributed by atoms with E-state index in [1.807, 2.05) is 19.9 Å². The molecule has 0 saturated heterocycles. The van der Waals surface area contributed by atoms with Crippen LogP contribution in [0.2, 0.25) is 0 Å². The lowest BCUT2D eigenvalue weighted by Crippen LogP contribution is -2.41. The van der Waals surface area contributed by atoms with Crippen LogP contribution in [0.5, 0.6) is 0 Å². The second-order valence-corrected chi connectivity index (χ2v) is 6.70. The van der Waals surface area contributed by atoms with Crippen molar-refractivity contribution in [1.29, 1.82) is 0 Å². The van der Waals surface area contributed by atoms with Gasteiger partial charge in [-0.3, -0.25) is 4.79 Å². The van der Waals surface area contributed by atoms with Crippen LogP contribution >= 0.6 is 11.3 Å². The zero-order valence-electron chi connectivity index (χ0n) is 12.1. The summed E-state index contributed by atoms with van der Waals surface area (Å²) in [5, 5.41) is 11.7. The maximum absolute atomic E-state index is 12.1. The van der Waals surface area contributed by atoms with E-state index in [1.54, 1.807) is 0 Å². The Morgan fingerprint density at radius 3 is 2.68 bits per heavy atom. The standard InChI is InChI=1S/C15H21NO2S/c1-10-9-13(19-12(10)7-6-8-17)14(18)16-11(2)15(3,4)5/h9,11,17H,8H2,1-5H3,(H,16,18). The Hall–Kier alpha value is -1.31. The molecule has 19 heavy (non-hydrogen) atoms. The van der Waals surface area contributed by atoms with Crippen LogP contribution in [0.3, 0.4) is 0 Å². The summed E-state index contributed by atoms with van der Waals surface area (Å²) in [6, 6.07) is 1.94. The van der Waals surface area contributed by atoms with Gasteiger partial charge in [-0.05, 0) is 30.9 Å². The van der Waals surface area contributed by atoms with Crippen LogP contribution in [0, 0.1) is 24.2 Å². The van der Waals surface area contributed by atoms with Gasteiger partial charge in [0.25, 0.3) is 5.91 Å². The van der Waals surface area contributed by atoms with Gasteiger partial charge in [0.15, 0.2) is 0 Å². The second kappa shape index (κ2) is 6.23. The molecule has 1 unspecified atom stereocenters. The molecule has 4 heteroatoms. The Bertz CT molecular complexity index is 514. The first-order valence-electron chi connectivity index (χ1n) is 6.26. The van der Waals surface area contributed by atoms with Gasteiger partial charge in [0, 0.05) is 6.04 Å². The smallest absolute Gasteiger partial charge is 0.261 e. The van der Waals surface area contributed by atoms with Gasteiger partial charge in [-0.15, -0.1) is 11.3 Å². The van der Waals surface area contributed by atoms with Crippen molar-refractivity contribution in [2.24, 2.45) is 5.41 Å². The van der Waals surface area contributed by atoms with Crippen molar-refractivity contribution in [3.05, 3.63) is 21.4 Å². The number of nitrogens with one attached hydrogen (secondary N) is 1. The maximum Gasteiger partial charge on any atom is 0.261 e. The van der Waals surface area contributed by atoms with Gasteiger partial charge in [0.1, 0.15) is 6.61 Å². The van der Waals surface area contributed by atoms with Gasteiger partial charge in [-0.25, -0.2) is 0 Å². The van der Waals surface area contributed by atoms with Crippen LogP contribution in [0.15, 0.2) is 6.07 Å². The first-order valence-corrected chi connectivity index (χ1v) is 7.08. The molecule has 0 aliphatic heterocycles. The Morgan fingerprint density at radius 2 is 2.16 bits per heavy atom. The zero-order valence-corrected chi connectivity index (χ0v) is 12.9. The number of thiophene rings is 1. The van der Waals surface area contributed by atoms with Crippen LogP contribution in [-0.2, 0) is 0 Å². The van der Waals surface area contributed by atoms with Crippen LogP contribution in [0.1, 0.15) is 47.8 Å². The molecule has 0 aliphatic carbocycles. The first kappa shape index (κ1) is 15.7. The molecule has 1 aromatic rings. The lowest BCUT2D eigenvalue weighted by molar-refractivity contribution is 0.0914. The number of carbonyl (C=O) groups excluding carboxylic acids is 1. The fourth-order valence-electron chi connectivity index (χ4n) is 1.32. The fourth-order valence-corrected chi connectivity index (χ4v) is 2.27. The Labute approximate surface area is 119 Å². The third kappa shape index (κ3) is 4.38. The summed E-state index contributed by atoms with van der Waals surface area (Å²) in [7, 11) is 0. The molecule has 1 rings (SSSR count). The minimum Gasteiger partial charge on any atom is -0.384 e. The van der Waals surface area contributed by atoms with Crippen LogP contribution in [0.25, 0.3) is 0 Å². The number of carbonyl (C=O) groups is 1. The van der Waals surface area contributed by atoms with Crippen LogP contribution in [0.4, 0.5) is 0 Å². The molecule has 3 nitrogen and oxygen atoms in total. The molecule has 0 fully saturated rings. The molecule has 0 radical (unpaired) electrons. The summed E-state index contributed by atoms with van der Waals surface area (Å²) in [5.74, 6) is 5.40. The third-order valence-electron chi connectivity index (χ3n) is 3.07. The van der Waals surface area contributed by atoms with E-state index in [0.717, 1.165) is 10.4 Å². The number of aliphatic hydroxyl groups is 1. The number of amides is 1. The van der Waals surface area contributed by atoms with E-state index in [1.165, 1.54) is 11.3 Å². The van der Waals surface area contributed by atoms with Crippen LogP contribution in [-0.4, -0.2) is 23.7 Å². The maximum atomic E-state index is 12.1. The summed E-state index contributed by atoms with van der Waals surface area (Å²) in [4.78, 5) is 13.6. The van der Waals surface area contributed by atoms with Gasteiger partial charge >= 0.3 is 0 Å². The fraction of sp³-hybridized carbons (Fsp3) is 0.533. The molecule has 1 atom stereocenters. The minimum absolute atomic E-state index is 0.0293. The number of aliphatic hydroxyl groups excluding tert-OH is 1. The topological polar surface area (TPSA) is 49.3 Å². The molecule has 1 heterocycles. The highest BCUT2D eigenvalue weighted by atomic mass is 32.1. The predicted molar refractivity (Wildman–Crippen MR) is 79.4 cm³/mol. The highest BCUT2D eigenvalue weighted by molar-refractivity contribution is 7.14. The first-order chi connectivity index (χ1) is 8.75. The minimum atomic E-state index is -0.167. The Morgan fingerprint density at radius 1 is 1.53 bits per heavy atom. The van der Waals surface area contributed by atoms with Crippen molar-refractivity contribution in [1.82, 2.24) is 5.32 Å². The SMILES string of the molecule is Cc1cc(C(=O)NC(C)C(C)(C)C)sc1C#CCO. The number of aryl methyl sites for hydroxylation is 1. The van der Waals surface area contributed by atoms with E-state index in [9.17, 15) is 4.79 Å². The van der Waals surface area contributed by atoms with E-state index in [-0.39, 0.29) is 24.0 Å². The van der Waals surface area contributed by atoms with Crippen molar-refractivity contribution in [3.8, 4) is 11.8 Å². The second-order valence-electron chi connectivity index (χ2n) is 5.64. The third-order valence-corrected chi connectivity index (χ3v) is 4.22.